The van der Waals surface area contributed by atoms with Crippen LogP contribution in [0.3, 0.4) is 0 Å². The first-order chi connectivity index (χ1) is 10.9. The molecule has 0 radical (unpaired) electrons. The zero-order valence-corrected chi connectivity index (χ0v) is 14.6. The summed E-state index contributed by atoms with van der Waals surface area (Å²) in [6.45, 7) is 0. The first-order valence-electron chi connectivity index (χ1n) is 7.48. The van der Waals surface area contributed by atoms with Crippen LogP contribution in [-0.2, 0) is 14.6 Å². The average Bonchev–Trinajstić information content (AvgIpc) is 3.22. The second-order valence-corrected chi connectivity index (χ2v) is 9.90. The number of anilines is 1. The van der Waals surface area contributed by atoms with Crippen LogP contribution in [0.5, 0.6) is 0 Å². The molecule has 3 fully saturated rings. The molecule has 0 spiro atoms. The van der Waals surface area contributed by atoms with Crippen molar-refractivity contribution in [1.82, 2.24) is 0 Å². The largest absolute Gasteiger partial charge is 0.314 e. The number of nitrogens with zero attached hydrogens (tertiary/aromatic N) is 2. The molecular formula is C15H15ClN2O3S2. The number of halogens is 1. The van der Waals surface area contributed by atoms with Gasteiger partial charge < -0.3 is 4.90 Å². The number of rotatable bonds is 2. The molecular weight excluding hydrogens is 356 g/mol. The standard InChI is InChI=1S/C15H15ClN2O3S2/c16-10-3-1-2-4-11(10)18-12-7-23(20,21)8-13(12)22-15(18)17-14(19)9-5-6-9/h1-4,9,12-13H,5-8H2/t12-,13-/m1/s1. The Kier molecular flexibility index (Phi) is 3.70. The maximum atomic E-state index is 12.1. The molecule has 1 aromatic rings. The molecule has 2 atom stereocenters. The summed E-state index contributed by atoms with van der Waals surface area (Å²) in [6.07, 6.45) is 1.79. The van der Waals surface area contributed by atoms with Crippen molar-refractivity contribution in [3.8, 4) is 0 Å². The predicted molar refractivity (Wildman–Crippen MR) is 92.9 cm³/mol. The van der Waals surface area contributed by atoms with E-state index in [1.165, 1.54) is 11.8 Å². The molecule has 4 rings (SSSR count). The molecule has 2 aliphatic heterocycles. The monoisotopic (exact) mass is 370 g/mol. The first-order valence-corrected chi connectivity index (χ1v) is 10.6. The van der Waals surface area contributed by atoms with Crippen LogP contribution in [0.2, 0.25) is 5.02 Å². The number of amidine groups is 1. The lowest BCUT2D eigenvalue weighted by atomic mass is 10.2. The molecule has 0 bridgehead atoms. The number of hydrogen-bond donors (Lipinski definition) is 0. The Morgan fingerprint density at radius 3 is 2.70 bits per heavy atom. The van der Waals surface area contributed by atoms with Crippen molar-refractivity contribution in [2.45, 2.75) is 24.1 Å². The van der Waals surface area contributed by atoms with E-state index in [1.54, 1.807) is 6.07 Å². The van der Waals surface area contributed by atoms with Crippen molar-refractivity contribution in [2.24, 2.45) is 10.9 Å². The van der Waals surface area contributed by atoms with Crippen LogP contribution in [0.1, 0.15) is 12.8 Å². The van der Waals surface area contributed by atoms with E-state index in [-0.39, 0.29) is 34.6 Å². The van der Waals surface area contributed by atoms with Gasteiger partial charge in [0.25, 0.3) is 5.91 Å². The van der Waals surface area contributed by atoms with Crippen LogP contribution in [0, 0.1) is 5.92 Å². The van der Waals surface area contributed by atoms with Crippen LogP contribution in [0.25, 0.3) is 0 Å². The lowest BCUT2D eigenvalue weighted by Gasteiger charge is -2.25. The van der Waals surface area contributed by atoms with Crippen LogP contribution < -0.4 is 4.90 Å². The Hall–Kier alpha value is -1.05. The van der Waals surface area contributed by atoms with E-state index in [4.69, 9.17) is 11.6 Å². The van der Waals surface area contributed by atoms with E-state index in [2.05, 4.69) is 4.99 Å². The minimum absolute atomic E-state index is 0.0420. The molecule has 2 saturated heterocycles. The summed E-state index contributed by atoms with van der Waals surface area (Å²) in [4.78, 5) is 18.2. The van der Waals surface area contributed by atoms with Gasteiger partial charge in [0, 0.05) is 11.2 Å². The van der Waals surface area contributed by atoms with Gasteiger partial charge in [0.05, 0.1) is 28.3 Å². The maximum absolute atomic E-state index is 12.1. The molecule has 23 heavy (non-hydrogen) atoms. The fourth-order valence-corrected chi connectivity index (χ4v) is 7.15. The predicted octanol–water partition coefficient (Wildman–Crippen LogP) is 2.35. The molecule has 8 heteroatoms. The van der Waals surface area contributed by atoms with Gasteiger partial charge >= 0.3 is 0 Å². The Morgan fingerprint density at radius 2 is 2.00 bits per heavy atom. The number of thioether (sulfide) groups is 1. The van der Waals surface area contributed by atoms with Crippen LogP contribution >= 0.6 is 23.4 Å². The number of carbonyl (C=O) groups is 1. The third kappa shape index (κ3) is 2.90. The minimum Gasteiger partial charge on any atom is -0.314 e. The maximum Gasteiger partial charge on any atom is 0.251 e. The molecule has 1 amide bonds. The fraction of sp³-hybridized carbons (Fsp3) is 0.467. The summed E-state index contributed by atoms with van der Waals surface area (Å²) < 4.78 is 23.9. The van der Waals surface area contributed by atoms with Gasteiger partial charge in [-0.15, -0.1) is 0 Å². The molecule has 0 aromatic heterocycles. The van der Waals surface area contributed by atoms with Crippen molar-refractivity contribution in [1.29, 1.82) is 0 Å². The van der Waals surface area contributed by atoms with E-state index in [0.717, 1.165) is 12.8 Å². The molecule has 2 heterocycles. The third-order valence-corrected chi connectivity index (χ3v) is 7.84. The molecule has 1 saturated carbocycles. The number of aliphatic imine (C=N–C) groups is 1. The number of para-hydroxylation sites is 1. The van der Waals surface area contributed by atoms with Gasteiger partial charge in [0.15, 0.2) is 15.0 Å². The van der Waals surface area contributed by atoms with Crippen molar-refractivity contribution >= 4 is 50.0 Å². The minimum atomic E-state index is -3.06. The van der Waals surface area contributed by atoms with Crippen molar-refractivity contribution < 1.29 is 13.2 Å². The number of benzene rings is 1. The summed E-state index contributed by atoms with van der Waals surface area (Å²) in [5.74, 6) is 0.139. The highest BCUT2D eigenvalue weighted by Gasteiger charge is 2.50. The molecule has 1 aromatic carbocycles. The lowest BCUT2D eigenvalue weighted by molar-refractivity contribution is -0.118. The third-order valence-electron chi connectivity index (χ3n) is 4.31. The quantitative estimate of drug-likeness (QED) is 0.799. The Labute approximate surface area is 144 Å². The van der Waals surface area contributed by atoms with Gasteiger partial charge in [0.2, 0.25) is 0 Å². The second kappa shape index (κ2) is 5.50. The number of fused-ring (bicyclic) bond motifs is 1. The zero-order valence-electron chi connectivity index (χ0n) is 12.2. The Morgan fingerprint density at radius 1 is 1.26 bits per heavy atom. The van der Waals surface area contributed by atoms with Crippen LogP contribution in [-0.4, -0.2) is 42.3 Å². The van der Waals surface area contributed by atoms with E-state index in [0.29, 0.717) is 15.9 Å². The highest BCUT2D eigenvalue weighted by Crippen LogP contribution is 2.43. The van der Waals surface area contributed by atoms with Gasteiger partial charge in [-0.1, -0.05) is 35.5 Å². The van der Waals surface area contributed by atoms with Gasteiger partial charge in [-0.25, -0.2) is 8.42 Å². The summed E-state index contributed by atoms with van der Waals surface area (Å²) >= 11 is 7.69. The normalized spacial score (nSPS) is 30.7. The van der Waals surface area contributed by atoms with Crippen molar-refractivity contribution in [3.63, 3.8) is 0 Å². The summed E-state index contributed by atoms with van der Waals surface area (Å²) in [7, 11) is -3.06. The number of sulfone groups is 1. The van der Waals surface area contributed by atoms with Gasteiger partial charge in [0.1, 0.15) is 0 Å². The SMILES string of the molecule is O=C(N=C1S[C@@H]2CS(=O)(=O)C[C@H]2N1c1ccccc1Cl)C1CC1. The average molecular weight is 371 g/mol. The molecule has 0 unspecified atom stereocenters. The summed E-state index contributed by atoms with van der Waals surface area (Å²) in [6, 6.07) is 7.06. The van der Waals surface area contributed by atoms with Gasteiger partial charge in [-0.3, -0.25) is 4.79 Å². The fourth-order valence-electron chi connectivity index (χ4n) is 3.01. The Bertz CT molecular complexity index is 805. The van der Waals surface area contributed by atoms with E-state index in [1.807, 2.05) is 23.1 Å². The zero-order chi connectivity index (χ0) is 16.2. The molecule has 3 aliphatic rings. The summed E-state index contributed by atoms with van der Waals surface area (Å²) in [5, 5.41) is 1.02. The number of amides is 1. The number of hydrogen-bond acceptors (Lipinski definition) is 4. The van der Waals surface area contributed by atoms with Gasteiger partial charge in [-0.05, 0) is 25.0 Å². The highest BCUT2D eigenvalue weighted by atomic mass is 35.5. The topological polar surface area (TPSA) is 66.8 Å². The van der Waals surface area contributed by atoms with E-state index in [9.17, 15) is 13.2 Å². The van der Waals surface area contributed by atoms with Crippen LogP contribution in [0.4, 0.5) is 5.69 Å². The molecule has 122 valence electrons. The Balaban J connectivity index is 1.75. The highest BCUT2D eigenvalue weighted by molar-refractivity contribution is 8.16. The lowest BCUT2D eigenvalue weighted by Crippen LogP contribution is -2.38. The van der Waals surface area contributed by atoms with E-state index < -0.39 is 9.84 Å². The van der Waals surface area contributed by atoms with E-state index >= 15 is 0 Å². The van der Waals surface area contributed by atoms with Crippen LogP contribution in [0.15, 0.2) is 29.3 Å². The van der Waals surface area contributed by atoms with Crippen molar-refractivity contribution in [2.75, 3.05) is 16.4 Å². The van der Waals surface area contributed by atoms with Crippen molar-refractivity contribution in [3.05, 3.63) is 29.3 Å². The first kappa shape index (κ1) is 15.5. The molecule has 1 aliphatic carbocycles. The number of carbonyl (C=O) groups excluding carboxylic acids is 1. The summed E-state index contributed by atoms with van der Waals surface area (Å²) in [5.41, 5.74) is 0.716. The second-order valence-electron chi connectivity index (χ2n) is 6.13. The van der Waals surface area contributed by atoms with Gasteiger partial charge in [-0.2, -0.15) is 4.99 Å². The molecule has 5 nitrogen and oxygen atoms in total. The smallest absolute Gasteiger partial charge is 0.251 e. The molecule has 0 N–H and O–H groups in total.